The first kappa shape index (κ1) is 33.1. The van der Waals surface area contributed by atoms with Gasteiger partial charge in [-0.25, -0.2) is 4.98 Å². The lowest BCUT2D eigenvalue weighted by atomic mass is 9.81. The van der Waals surface area contributed by atoms with Crippen LogP contribution >= 0.6 is 0 Å². The first-order valence-electron chi connectivity index (χ1n) is 14.3. The second-order valence-corrected chi connectivity index (χ2v) is 10.2. The molecule has 1 heterocycles. The van der Waals surface area contributed by atoms with Crippen LogP contribution in [-0.2, 0) is 27.2 Å². The van der Waals surface area contributed by atoms with Gasteiger partial charge < -0.3 is 24.8 Å². The number of pyridine rings is 1. The van der Waals surface area contributed by atoms with E-state index in [2.05, 4.69) is 15.6 Å². The Morgan fingerprint density at radius 2 is 1.76 bits per heavy atom. The third kappa shape index (κ3) is 11.1. The molecule has 2 amide bonds. The summed E-state index contributed by atoms with van der Waals surface area (Å²) in [4.78, 5) is 29.3. The number of allylic oxidation sites excluding steroid dienone is 1. The monoisotopic (exact) mass is 591 g/mol. The molecule has 1 aliphatic carbocycles. The Hall–Kier alpha value is -3.44. The van der Waals surface area contributed by atoms with Crippen molar-refractivity contribution in [3.05, 3.63) is 65.0 Å². The van der Waals surface area contributed by atoms with Gasteiger partial charge in [-0.05, 0) is 55.7 Å². The molecule has 0 unspecified atom stereocenters. The number of alkyl halides is 3. The summed E-state index contributed by atoms with van der Waals surface area (Å²) < 4.78 is 54.8. The van der Waals surface area contributed by atoms with Crippen LogP contribution in [0.4, 0.5) is 13.2 Å². The van der Waals surface area contributed by atoms with E-state index in [1.165, 1.54) is 13.3 Å². The van der Waals surface area contributed by atoms with Crippen LogP contribution in [0.2, 0.25) is 0 Å². The standard InChI is InChI=1S/C31H40F3N3O5/c1-3-41-15-16-42-14-13-35-29(38)18-23-5-4-6-24(17-23)20-37-30(39)27-19-25(28(40-2)21-36-27)10-7-22-8-11-26(12-9-22)31(32,33)34/h4-7,10,17,19,21-22,26H,3,8-9,11-16,18,20H2,1-2H3,(H,35,38)(H,37,39)/b10-7+/t22-,26-. The van der Waals surface area contributed by atoms with E-state index in [1.807, 2.05) is 37.3 Å². The number of carbonyl (C=O) groups is 2. The molecule has 0 saturated heterocycles. The van der Waals surface area contributed by atoms with Crippen LogP contribution in [0.5, 0.6) is 5.75 Å². The summed E-state index contributed by atoms with van der Waals surface area (Å²) in [6.45, 7) is 4.62. The van der Waals surface area contributed by atoms with Crippen LogP contribution in [0.1, 0.15) is 59.8 Å². The molecular weight excluding hydrogens is 551 g/mol. The average Bonchev–Trinajstić information content (AvgIpc) is 2.98. The van der Waals surface area contributed by atoms with Gasteiger partial charge in [-0.15, -0.1) is 0 Å². The van der Waals surface area contributed by atoms with E-state index >= 15 is 0 Å². The Labute approximate surface area is 245 Å². The largest absolute Gasteiger partial charge is 0.495 e. The highest BCUT2D eigenvalue weighted by molar-refractivity contribution is 5.93. The first-order chi connectivity index (χ1) is 20.2. The van der Waals surface area contributed by atoms with Crippen LogP contribution in [0, 0.1) is 11.8 Å². The smallest absolute Gasteiger partial charge is 0.391 e. The average molecular weight is 592 g/mol. The molecule has 42 heavy (non-hydrogen) atoms. The van der Waals surface area contributed by atoms with Crippen molar-refractivity contribution in [1.82, 2.24) is 15.6 Å². The highest BCUT2D eigenvalue weighted by Crippen LogP contribution is 2.40. The number of ether oxygens (including phenoxy) is 3. The maximum Gasteiger partial charge on any atom is 0.391 e. The summed E-state index contributed by atoms with van der Waals surface area (Å²) in [5.41, 5.74) is 2.46. The second kappa shape index (κ2) is 16.9. The minimum Gasteiger partial charge on any atom is -0.495 e. The van der Waals surface area contributed by atoms with Crippen molar-refractivity contribution in [3.8, 4) is 5.75 Å². The van der Waals surface area contributed by atoms with Gasteiger partial charge in [0, 0.05) is 25.3 Å². The van der Waals surface area contributed by atoms with Gasteiger partial charge in [-0.3, -0.25) is 9.59 Å². The molecule has 0 radical (unpaired) electrons. The van der Waals surface area contributed by atoms with Crippen molar-refractivity contribution in [2.45, 2.75) is 51.7 Å². The zero-order valence-electron chi connectivity index (χ0n) is 24.2. The summed E-state index contributed by atoms with van der Waals surface area (Å²) in [6.07, 6.45) is 2.37. The zero-order chi connectivity index (χ0) is 30.4. The molecular formula is C31H40F3N3O5. The Balaban J connectivity index is 1.49. The van der Waals surface area contributed by atoms with Crippen LogP contribution in [-0.4, -0.2) is 63.1 Å². The number of aromatic nitrogens is 1. The maximum atomic E-state index is 13.0. The normalized spacial score (nSPS) is 17.3. The number of rotatable bonds is 15. The van der Waals surface area contributed by atoms with Gasteiger partial charge in [-0.2, -0.15) is 13.2 Å². The number of nitrogens with zero attached hydrogens (tertiary/aromatic N) is 1. The molecule has 1 saturated carbocycles. The molecule has 11 heteroatoms. The highest BCUT2D eigenvalue weighted by Gasteiger charge is 2.40. The van der Waals surface area contributed by atoms with Gasteiger partial charge in [0.25, 0.3) is 5.91 Å². The topological polar surface area (TPSA) is 98.8 Å². The molecule has 0 atom stereocenters. The van der Waals surface area contributed by atoms with Crippen LogP contribution in [0.3, 0.4) is 0 Å². The third-order valence-corrected chi connectivity index (χ3v) is 7.09. The molecule has 0 aliphatic heterocycles. The van der Waals surface area contributed by atoms with Crippen molar-refractivity contribution < 1.29 is 37.0 Å². The molecule has 2 aromatic rings. The second-order valence-electron chi connectivity index (χ2n) is 10.2. The molecule has 3 rings (SSSR count). The lowest BCUT2D eigenvalue weighted by molar-refractivity contribution is -0.183. The highest BCUT2D eigenvalue weighted by atomic mass is 19.4. The van der Waals surface area contributed by atoms with Gasteiger partial charge in [0.05, 0.1) is 45.5 Å². The van der Waals surface area contributed by atoms with Crippen molar-refractivity contribution in [3.63, 3.8) is 0 Å². The zero-order valence-corrected chi connectivity index (χ0v) is 24.2. The van der Waals surface area contributed by atoms with E-state index in [0.717, 1.165) is 11.1 Å². The third-order valence-electron chi connectivity index (χ3n) is 7.09. The first-order valence-corrected chi connectivity index (χ1v) is 14.3. The maximum absolute atomic E-state index is 13.0. The molecule has 8 nitrogen and oxygen atoms in total. The van der Waals surface area contributed by atoms with E-state index in [9.17, 15) is 22.8 Å². The van der Waals surface area contributed by atoms with E-state index in [0.29, 0.717) is 57.1 Å². The summed E-state index contributed by atoms with van der Waals surface area (Å²) in [5, 5.41) is 5.67. The predicted molar refractivity (Wildman–Crippen MR) is 153 cm³/mol. The van der Waals surface area contributed by atoms with Crippen molar-refractivity contribution in [2.75, 3.05) is 40.1 Å². The number of methoxy groups -OCH3 is 1. The molecule has 1 fully saturated rings. The molecule has 0 spiro atoms. The van der Waals surface area contributed by atoms with Gasteiger partial charge >= 0.3 is 6.18 Å². The van der Waals surface area contributed by atoms with Crippen LogP contribution in [0.15, 0.2) is 42.6 Å². The molecule has 230 valence electrons. The van der Waals surface area contributed by atoms with E-state index in [1.54, 1.807) is 12.1 Å². The fourth-order valence-corrected chi connectivity index (χ4v) is 4.76. The number of carbonyl (C=O) groups excluding carboxylic acids is 2. The number of halogens is 3. The van der Waals surface area contributed by atoms with Crippen molar-refractivity contribution >= 4 is 17.9 Å². The minimum absolute atomic E-state index is 0.0343. The lowest BCUT2D eigenvalue weighted by Gasteiger charge is -2.28. The molecule has 2 N–H and O–H groups in total. The fraction of sp³-hybridized carbons (Fsp3) is 0.516. The predicted octanol–water partition coefficient (Wildman–Crippen LogP) is 5.11. The van der Waals surface area contributed by atoms with E-state index < -0.39 is 12.1 Å². The number of benzene rings is 1. The number of hydrogen-bond acceptors (Lipinski definition) is 6. The quantitative estimate of drug-likeness (QED) is 0.279. The van der Waals surface area contributed by atoms with Gasteiger partial charge in [0.15, 0.2) is 0 Å². The number of nitrogens with one attached hydrogen (secondary N) is 2. The summed E-state index contributed by atoms with van der Waals surface area (Å²) in [5.74, 6) is -1.24. The fourth-order valence-electron chi connectivity index (χ4n) is 4.76. The number of hydrogen-bond donors (Lipinski definition) is 2. The van der Waals surface area contributed by atoms with Gasteiger partial charge in [-0.1, -0.05) is 36.4 Å². The SMILES string of the molecule is CCOCCOCCNC(=O)Cc1cccc(CNC(=O)c2cc(/C=C/[C@H]3CC[C@H](C(F)(F)F)CC3)c(OC)cn2)c1. The minimum atomic E-state index is -4.14. The molecule has 1 aliphatic rings. The number of amides is 2. The Morgan fingerprint density at radius 3 is 2.48 bits per heavy atom. The summed E-state index contributed by atoms with van der Waals surface area (Å²) in [7, 11) is 1.49. The Morgan fingerprint density at radius 1 is 1.02 bits per heavy atom. The Kier molecular flexibility index (Phi) is 13.3. The molecule has 1 aromatic carbocycles. The summed E-state index contributed by atoms with van der Waals surface area (Å²) in [6, 6.07) is 9.01. The molecule has 1 aromatic heterocycles. The Bertz CT molecular complexity index is 1180. The summed E-state index contributed by atoms with van der Waals surface area (Å²) >= 11 is 0. The van der Waals surface area contributed by atoms with Gasteiger partial charge in [0.2, 0.25) is 5.91 Å². The van der Waals surface area contributed by atoms with E-state index in [4.69, 9.17) is 14.2 Å². The van der Waals surface area contributed by atoms with Crippen LogP contribution < -0.4 is 15.4 Å². The van der Waals surface area contributed by atoms with E-state index in [-0.39, 0.29) is 49.2 Å². The van der Waals surface area contributed by atoms with Gasteiger partial charge in [0.1, 0.15) is 11.4 Å². The lowest BCUT2D eigenvalue weighted by Crippen LogP contribution is -2.29. The van der Waals surface area contributed by atoms with Crippen molar-refractivity contribution in [2.24, 2.45) is 11.8 Å². The molecule has 0 bridgehead atoms. The van der Waals surface area contributed by atoms with Crippen molar-refractivity contribution in [1.29, 1.82) is 0 Å². The van der Waals surface area contributed by atoms with Crippen LogP contribution in [0.25, 0.3) is 6.08 Å².